The van der Waals surface area contributed by atoms with Crippen molar-refractivity contribution in [3.8, 4) is 0 Å². The minimum Gasteiger partial charge on any atom is -0.273 e. The third-order valence-electron chi connectivity index (χ3n) is 4.17. The third kappa shape index (κ3) is 4.88. The third-order valence-corrected chi connectivity index (χ3v) is 6.78. The highest BCUT2D eigenvalue weighted by Crippen LogP contribution is 2.30. The number of hydrogen-bond donors (Lipinski definition) is 2. The summed E-state index contributed by atoms with van der Waals surface area (Å²) >= 11 is 11.9. The van der Waals surface area contributed by atoms with Crippen LogP contribution in [0, 0.1) is 11.8 Å². The second-order valence-electron chi connectivity index (χ2n) is 6.39. The maximum Gasteiger partial charge on any atom is 0.244 e. The Morgan fingerprint density at radius 1 is 1.15 bits per heavy atom. The van der Waals surface area contributed by atoms with Crippen molar-refractivity contribution >= 4 is 45.0 Å². The fourth-order valence-electron chi connectivity index (χ4n) is 2.54. The van der Waals surface area contributed by atoms with Crippen molar-refractivity contribution in [3.63, 3.8) is 0 Å². The zero-order chi connectivity index (χ0) is 19.5. The van der Waals surface area contributed by atoms with Gasteiger partial charge in [0.15, 0.2) is 0 Å². The van der Waals surface area contributed by atoms with Crippen molar-refractivity contribution in [1.82, 2.24) is 15.2 Å². The van der Waals surface area contributed by atoms with E-state index in [-0.39, 0.29) is 51.7 Å². The van der Waals surface area contributed by atoms with Gasteiger partial charge >= 0.3 is 0 Å². The van der Waals surface area contributed by atoms with Crippen molar-refractivity contribution in [2.24, 2.45) is 11.8 Å². The largest absolute Gasteiger partial charge is 0.273 e. The first kappa shape index (κ1) is 21.0. The topological polar surface area (TPSA) is 95.6 Å². The quantitative estimate of drug-likeness (QED) is 0.728. The number of sulfonamides is 1. The Morgan fingerprint density at radius 2 is 1.77 bits per heavy atom. The monoisotopic (exact) mass is 421 g/mol. The van der Waals surface area contributed by atoms with Crippen LogP contribution in [0.4, 0.5) is 0 Å². The van der Waals surface area contributed by atoms with E-state index in [1.807, 2.05) is 0 Å². The summed E-state index contributed by atoms with van der Waals surface area (Å²) in [4.78, 5) is 23.6. The molecule has 1 aromatic rings. The van der Waals surface area contributed by atoms with Crippen LogP contribution in [0.5, 0.6) is 0 Å². The molecular formula is C16H21Cl2N3O4S. The Hall–Kier alpha value is -1.35. The molecule has 1 aliphatic rings. The first-order valence-electron chi connectivity index (χ1n) is 8.18. The minimum atomic E-state index is -3.79. The van der Waals surface area contributed by atoms with Gasteiger partial charge in [0.25, 0.3) is 0 Å². The summed E-state index contributed by atoms with van der Waals surface area (Å²) in [7, 11) is -3.79. The first-order valence-corrected chi connectivity index (χ1v) is 10.4. The van der Waals surface area contributed by atoms with Crippen LogP contribution in [0.2, 0.25) is 10.0 Å². The molecule has 0 aliphatic carbocycles. The van der Waals surface area contributed by atoms with Crippen molar-refractivity contribution in [2.75, 3.05) is 13.1 Å². The molecule has 10 heteroatoms. The summed E-state index contributed by atoms with van der Waals surface area (Å²) in [6.45, 7) is 3.79. The first-order chi connectivity index (χ1) is 12.1. The van der Waals surface area contributed by atoms with E-state index in [0.29, 0.717) is 12.8 Å². The van der Waals surface area contributed by atoms with Crippen LogP contribution >= 0.6 is 23.2 Å². The van der Waals surface area contributed by atoms with Gasteiger partial charge in [-0.05, 0) is 31.0 Å². The molecule has 2 amide bonds. The highest BCUT2D eigenvalue weighted by Gasteiger charge is 2.33. The van der Waals surface area contributed by atoms with Gasteiger partial charge in [-0.25, -0.2) is 8.42 Å². The zero-order valence-electron chi connectivity index (χ0n) is 14.5. The summed E-state index contributed by atoms with van der Waals surface area (Å²) in [5.74, 6) is -1.22. The maximum absolute atomic E-state index is 12.8. The number of piperidine rings is 1. The molecule has 26 heavy (non-hydrogen) atoms. The van der Waals surface area contributed by atoms with E-state index in [9.17, 15) is 18.0 Å². The lowest BCUT2D eigenvalue weighted by Gasteiger charge is -2.30. The van der Waals surface area contributed by atoms with Gasteiger partial charge in [0.05, 0.1) is 5.02 Å². The van der Waals surface area contributed by atoms with E-state index in [2.05, 4.69) is 10.9 Å². The fourth-order valence-corrected chi connectivity index (χ4v) is 4.75. The molecule has 144 valence electrons. The van der Waals surface area contributed by atoms with Crippen molar-refractivity contribution < 1.29 is 18.0 Å². The average Bonchev–Trinajstić information content (AvgIpc) is 2.61. The van der Waals surface area contributed by atoms with E-state index >= 15 is 0 Å². The molecule has 1 aliphatic heterocycles. The molecule has 0 radical (unpaired) electrons. The Morgan fingerprint density at radius 3 is 2.35 bits per heavy atom. The van der Waals surface area contributed by atoms with Crippen LogP contribution in [-0.2, 0) is 19.6 Å². The van der Waals surface area contributed by atoms with E-state index in [0.717, 1.165) is 0 Å². The molecule has 0 atom stereocenters. The van der Waals surface area contributed by atoms with E-state index in [1.165, 1.54) is 22.5 Å². The minimum absolute atomic E-state index is 0.0428. The van der Waals surface area contributed by atoms with Gasteiger partial charge in [-0.1, -0.05) is 37.0 Å². The summed E-state index contributed by atoms with van der Waals surface area (Å²) in [5.41, 5.74) is 4.75. The number of nitrogens with one attached hydrogen (secondary N) is 2. The molecule has 2 rings (SSSR count). The van der Waals surface area contributed by atoms with Gasteiger partial charge in [-0.2, -0.15) is 4.31 Å². The number of benzene rings is 1. The molecule has 0 bridgehead atoms. The number of halogens is 2. The molecule has 7 nitrogen and oxygen atoms in total. The number of carbonyl (C=O) groups excluding carboxylic acids is 2. The molecular weight excluding hydrogens is 401 g/mol. The highest BCUT2D eigenvalue weighted by molar-refractivity contribution is 7.89. The number of carbonyl (C=O) groups is 2. The molecule has 1 fully saturated rings. The van der Waals surface area contributed by atoms with Crippen LogP contribution in [0.15, 0.2) is 23.1 Å². The summed E-state index contributed by atoms with van der Waals surface area (Å²) < 4.78 is 26.8. The Bertz CT molecular complexity index is 791. The Kier molecular flexibility index (Phi) is 6.90. The van der Waals surface area contributed by atoms with Crippen LogP contribution < -0.4 is 10.9 Å². The lowest BCUT2D eigenvalue weighted by atomic mass is 9.98. The summed E-state index contributed by atoms with van der Waals surface area (Å²) in [5, 5.41) is 0.383. The lowest BCUT2D eigenvalue weighted by Crippen LogP contribution is -2.49. The van der Waals surface area contributed by atoms with Gasteiger partial charge in [-0.15, -0.1) is 0 Å². The van der Waals surface area contributed by atoms with Gasteiger partial charge in [0.2, 0.25) is 21.8 Å². The number of hydrazine groups is 1. The summed E-state index contributed by atoms with van der Waals surface area (Å²) in [6.07, 6.45) is 0.696. The maximum atomic E-state index is 12.8. The van der Waals surface area contributed by atoms with E-state index < -0.39 is 10.0 Å². The summed E-state index contributed by atoms with van der Waals surface area (Å²) in [6, 6.07) is 4.28. The number of rotatable bonds is 4. The molecule has 1 heterocycles. The standard InChI is InChI=1S/C16H21Cl2N3O4S/c1-10(2)15(22)19-20-16(23)11-5-7-21(8-6-11)26(24,25)14-9-12(17)3-4-13(14)18/h3-4,9-11H,5-8H2,1-2H3,(H,19,22)(H,20,23). The van der Waals surface area contributed by atoms with Gasteiger partial charge in [-0.3, -0.25) is 20.4 Å². The Labute approximate surface area is 163 Å². The molecule has 0 unspecified atom stereocenters. The van der Waals surface area contributed by atoms with Crippen LogP contribution in [-0.4, -0.2) is 37.6 Å². The second-order valence-corrected chi connectivity index (χ2v) is 9.14. The number of nitrogens with zero attached hydrogens (tertiary/aromatic N) is 1. The molecule has 2 N–H and O–H groups in total. The smallest absolute Gasteiger partial charge is 0.244 e. The number of hydrogen-bond acceptors (Lipinski definition) is 4. The highest BCUT2D eigenvalue weighted by atomic mass is 35.5. The molecule has 1 aromatic carbocycles. The van der Waals surface area contributed by atoms with Crippen molar-refractivity contribution in [3.05, 3.63) is 28.2 Å². The number of amides is 2. The van der Waals surface area contributed by atoms with Crippen molar-refractivity contribution in [1.29, 1.82) is 0 Å². The van der Waals surface area contributed by atoms with E-state index in [4.69, 9.17) is 23.2 Å². The predicted octanol–water partition coefficient (Wildman–Crippen LogP) is 2.20. The second kappa shape index (κ2) is 8.56. The predicted molar refractivity (Wildman–Crippen MR) is 99.1 cm³/mol. The Balaban J connectivity index is 1.98. The molecule has 0 spiro atoms. The van der Waals surface area contributed by atoms with Crippen LogP contribution in [0.25, 0.3) is 0 Å². The zero-order valence-corrected chi connectivity index (χ0v) is 16.8. The van der Waals surface area contributed by atoms with Gasteiger partial charge in [0, 0.05) is 29.9 Å². The van der Waals surface area contributed by atoms with Crippen LogP contribution in [0.3, 0.4) is 0 Å². The van der Waals surface area contributed by atoms with E-state index in [1.54, 1.807) is 13.8 Å². The lowest BCUT2D eigenvalue weighted by molar-refractivity contribution is -0.133. The molecule has 0 aromatic heterocycles. The van der Waals surface area contributed by atoms with Crippen LogP contribution in [0.1, 0.15) is 26.7 Å². The SMILES string of the molecule is CC(C)C(=O)NNC(=O)C1CCN(S(=O)(=O)c2cc(Cl)ccc2Cl)CC1. The fraction of sp³-hybridized carbons (Fsp3) is 0.500. The molecule has 1 saturated heterocycles. The molecule has 0 saturated carbocycles. The van der Waals surface area contributed by atoms with Gasteiger partial charge in [0.1, 0.15) is 4.90 Å². The van der Waals surface area contributed by atoms with Gasteiger partial charge < -0.3 is 0 Å². The average molecular weight is 422 g/mol. The normalized spacial score (nSPS) is 16.5. The van der Waals surface area contributed by atoms with Crippen molar-refractivity contribution in [2.45, 2.75) is 31.6 Å².